The number of hydrogen-bond acceptors (Lipinski definition) is 3. The van der Waals surface area contributed by atoms with Gasteiger partial charge in [0, 0.05) is 8.07 Å². The van der Waals surface area contributed by atoms with E-state index >= 15 is 0 Å². The first kappa shape index (κ1) is 20.4. The Morgan fingerprint density at radius 3 is 1.87 bits per heavy atom. The van der Waals surface area contributed by atoms with Crippen molar-refractivity contribution in [2.24, 2.45) is 5.73 Å². The molecule has 1 aromatic rings. The monoisotopic (exact) mass is 337 g/mol. The van der Waals surface area contributed by atoms with Crippen LogP contribution in [-0.4, -0.2) is 37.0 Å². The molecule has 0 radical (unpaired) electrons. The lowest BCUT2D eigenvalue weighted by Gasteiger charge is -2.24. The van der Waals surface area contributed by atoms with E-state index in [4.69, 9.17) is 5.73 Å². The van der Waals surface area contributed by atoms with E-state index in [1.165, 1.54) is 36.4 Å². The fraction of sp³-hybridized carbons (Fsp3) is 0.684. The quantitative estimate of drug-likeness (QED) is 0.428. The molecule has 0 unspecified atom stereocenters. The molecule has 0 aliphatic rings. The van der Waals surface area contributed by atoms with Crippen LogP contribution in [0.1, 0.15) is 36.8 Å². The van der Waals surface area contributed by atoms with E-state index in [1.54, 1.807) is 0 Å². The van der Waals surface area contributed by atoms with Gasteiger partial charge in [-0.25, -0.2) is 0 Å². The van der Waals surface area contributed by atoms with Gasteiger partial charge in [0.15, 0.2) is 0 Å². The summed E-state index contributed by atoms with van der Waals surface area (Å²) in [5.41, 5.74) is 7.64. The van der Waals surface area contributed by atoms with Gasteiger partial charge < -0.3 is 15.9 Å². The molecule has 0 atom stereocenters. The maximum atomic E-state index is 9.22. The molecule has 0 saturated carbocycles. The van der Waals surface area contributed by atoms with Gasteiger partial charge in [0.05, 0.1) is 18.8 Å². The first-order valence-corrected chi connectivity index (χ1v) is 12.6. The average molecular weight is 338 g/mol. The number of aryl methyl sites for hydroxylation is 2. The van der Waals surface area contributed by atoms with Gasteiger partial charge in [-0.2, -0.15) is 0 Å². The highest BCUT2D eigenvalue weighted by molar-refractivity contribution is 6.76. The molecule has 23 heavy (non-hydrogen) atoms. The molecule has 0 aromatic heterocycles. The minimum atomic E-state index is -0.871. The summed E-state index contributed by atoms with van der Waals surface area (Å²) in [5, 5.41) is 18.4. The third kappa shape index (κ3) is 8.65. The molecule has 4 heteroatoms. The number of nitrogens with two attached hydrogens (primary N) is 1. The highest BCUT2D eigenvalue weighted by Gasteiger charge is 2.22. The maximum Gasteiger partial charge on any atom is 0.0633 e. The predicted molar refractivity (Wildman–Crippen MR) is 102 cm³/mol. The first-order valence-electron chi connectivity index (χ1n) is 8.86. The Balaban J connectivity index is 2.31. The van der Waals surface area contributed by atoms with Crippen LogP contribution in [0.3, 0.4) is 0 Å². The fourth-order valence-electron chi connectivity index (χ4n) is 2.64. The van der Waals surface area contributed by atoms with Crippen LogP contribution in [0.4, 0.5) is 0 Å². The second kappa shape index (κ2) is 9.57. The largest absolute Gasteiger partial charge is 0.394 e. The normalized spacial score (nSPS) is 12.6. The van der Waals surface area contributed by atoms with E-state index in [9.17, 15) is 10.2 Å². The number of benzene rings is 1. The third-order valence-corrected chi connectivity index (χ3v) is 6.31. The highest BCUT2D eigenvalue weighted by atomic mass is 28.3. The Hall–Kier alpha value is -0.683. The summed E-state index contributed by atoms with van der Waals surface area (Å²) in [7, 11) is -0.871. The summed E-state index contributed by atoms with van der Waals surface area (Å²) in [6.45, 7) is 6.96. The van der Waals surface area contributed by atoms with Crippen LogP contribution in [0, 0.1) is 0 Å². The molecule has 0 aliphatic heterocycles. The molecule has 0 fully saturated rings. The Morgan fingerprint density at radius 2 is 1.39 bits per heavy atom. The van der Waals surface area contributed by atoms with Crippen LogP contribution in [0.15, 0.2) is 24.3 Å². The van der Waals surface area contributed by atoms with Gasteiger partial charge in [0.2, 0.25) is 0 Å². The second-order valence-electron chi connectivity index (χ2n) is 8.12. The maximum absolute atomic E-state index is 9.22. The van der Waals surface area contributed by atoms with Gasteiger partial charge in [-0.3, -0.25) is 0 Å². The van der Waals surface area contributed by atoms with Crippen molar-refractivity contribution in [3.05, 3.63) is 35.4 Å². The smallest absolute Gasteiger partial charge is 0.0633 e. The number of unbranched alkanes of at least 4 members (excludes halogenated alkanes) is 2. The van der Waals surface area contributed by atoms with Gasteiger partial charge in [-0.1, -0.05) is 62.8 Å². The van der Waals surface area contributed by atoms with Gasteiger partial charge >= 0.3 is 0 Å². The van der Waals surface area contributed by atoms with Crippen molar-refractivity contribution in [3.63, 3.8) is 0 Å². The molecular formula is C19H35NO2Si. The average Bonchev–Trinajstić information content (AvgIpc) is 2.52. The zero-order valence-electron chi connectivity index (χ0n) is 15.1. The van der Waals surface area contributed by atoms with E-state index in [2.05, 4.69) is 43.9 Å². The van der Waals surface area contributed by atoms with Gasteiger partial charge in [-0.05, 0) is 36.8 Å². The lowest BCUT2D eigenvalue weighted by Crippen LogP contribution is -2.47. The molecule has 0 spiro atoms. The minimum Gasteiger partial charge on any atom is -0.394 e. The van der Waals surface area contributed by atoms with Gasteiger partial charge in [0.1, 0.15) is 0 Å². The van der Waals surface area contributed by atoms with Gasteiger partial charge in [-0.15, -0.1) is 0 Å². The Kier molecular flexibility index (Phi) is 8.48. The summed E-state index contributed by atoms with van der Waals surface area (Å²) in [5.74, 6) is 0. The Morgan fingerprint density at radius 1 is 0.870 bits per heavy atom. The van der Waals surface area contributed by atoms with E-state index in [0.29, 0.717) is 6.42 Å². The molecule has 3 nitrogen and oxygen atoms in total. The highest BCUT2D eigenvalue weighted by Crippen LogP contribution is 2.16. The SMILES string of the molecule is C[Si](C)(C)CCCCCc1ccc(CCC(N)(CO)CO)cc1. The van der Waals surface area contributed by atoms with E-state index < -0.39 is 13.6 Å². The number of rotatable bonds is 11. The summed E-state index contributed by atoms with van der Waals surface area (Å²) in [4.78, 5) is 0. The summed E-state index contributed by atoms with van der Waals surface area (Å²) in [6.07, 6.45) is 6.50. The van der Waals surface area contributed by atoms with Crippen molar-refractivity contribution < 1.29 is 10.2 Å². The van der Waals surface area contributed by atoms with Gasteiger partial charge in [0.25, 0.3) is 0 Å². The van der Waals surface area contributed by atoms with Crippen molar-refractivity contribution in [2.45, 2.75) is 69.7 Å². The third-order valence-electron chi connectivity index (χ3n) is 4.46. The first-order chi connectivity index (χ1) is 10.8. The van der Waals surface area contributed by atoms with E-state index in [0.717, 1.165) is 12.8 Å². The molecule has 1 rings (SSSR count). The van der Waals surface area contributed by atoms with Crippen LogP contribution in [0.2, 0.25) is 25.7 Å². The molecule has 132 valence electrons. The second-order valence-corrected chi connectivity index (χ2v) is 13.7. The lowest BCUT2D eigenvalue weighted by molar-refractivity contribution is 0.115. The molecular weight excluding hydrogens is 302 g/mol. The lowest BCUT2D eigenvalue weighted by atomic mass is 9.93. The zero-order valence-corrected chi connectivity index (χ0v) is 16.1. The number of aliphatic hydroxyl groups excluding tert-OH is 2. The van der Waals surface area contributed by atoms with Crippen molar-refractivity contribution in [1.29, 1.82) is 0 Å². The zero-order chi connectivity index (χ0) is 17.3. The van der Waals surface area contributed by atoms with Crippen LogP contribution >= 0.6 is 0 Å². The topological polar surface area (TPSA) is 66.5 Å². The minimum absolute atomic E-state index is 0.182. The number of hydrogen-bond donors (Lipinski definition) is 3. The summed E-state index contributed by atoms with van der Waals surface area (Å²) < 4.78 is 0. The Labute approximate surface area is 142 Å². The summed E-state index contributed by atoms with van der Waals surface area (Å²) >= 11 is 0. The van der Waals surface area contributed by atoms with Crippen molar-refractivity contribution >= 4 is 8.07 Å². The molecule has 1 aromatic carbocycles. The molecule has 0 heterocycles. The molecule has 0 saturated heterocycles. The molecule has 0 amide bonds. The molecule has 0 bridgehead atoms. The standard InChI is InChI=1S/C19H35NO2Si/c1-23(2,3)14-6-4-5-7-17-8-10-18(11-9-17)12-13-19(20,15-21)16-22/h8-11,21-22H,4-7,12-16,20H2,1-3H3. The van der Waals surface area contributed by atoms with Crippen molar-refractivity contribution in [2.75, 3.05) is 13.2 Å². The van der Waals surface area contributed by atoms with Crippen LogP contribution in [-0.2, 0) is 12.8 Å². The summed E-state index contributed by atoms with van der Waals surface area (Å²) in [6, 6.07) is 10.1. The van der Waals surface area contributed by atoms with Crippen molar-refractivity contribution in [3.8, 4) is 0 Å². The molecule has 4 N–H and O–H groups in total. The predicted octanol–water partition coefficient (Wildman–Crippen LogP) is 3.35. The Bertz CT molecular complexity index is 436. The molecule has 0 aliphatic carbocycles. The van der Waals surface area contributed by atoms with E-state index in [1.807, 2.05) is 0 Å². The van der Waals surface area contributed by atoms with Crippen LogP contribution in [0.25, 0.3) is 0 Å². The number of aliphatic hydroxyl groups is 2. The fourth-order valence-corrected chi connectivity index (χ4v) is 3.95. The van der Waals surface area contributed by atoms with Crippen LogP contribution < -0.4 is 5.73 Å². The van der Waals surface area contributed by atoms with E-state index in [-0.39, 0.29) is 13.2 Å². The van der Waals surface area contributed by atoms with Crippen LogP contribution in [0.5, 0.6) is 0 Å². The van der Waals surface area contributed by atoms with Crippen molar-refractivity contribution in [1.82, 2.24) is 0 Å².